The molecule has 0 saturated carbocycles. The van der Waals surface area contributed by atoms with Crippen molar-refractivity contribution in [3.05, 3.63) is 42.0 Å². The molecule has 1 aromatic rings. The highest BCUT2D eigenvalue weighted by molar-refractivity contribution is 5.96. The lowest BCUT2D eigenvalue weighted by molar-refractivity contribution is -0.134. The van der Waals surface area contributed by atoms with Crippen LogP contribution in [-0.2, 0) is 4.79 Å². The molecule has 1 spiro atoms. The summed E-state index contributed by atoms with van der Waals surface area (Å²) in [4.78, 5) is 32.8. The number of nitrogens with one attached hydrogen (secondary N) is 1. The van der Waals surface area contributed by atoms with Crippen molar-refractivity contribution in [3.8, 4) is 5.75 Å². The van der Waals surface area contributed by atoms with Gasteiger partial charge in [-0.2, -0.15) is 0 Å². The Morgan fingerprint density at radius 2 is 1.76 bits per heavy atom. The highest BCUT2D eigenvalue weighted by atomic mass is 16.5. The van der Waals surface area contributed by atoms with Crippen LogP contribution >= 0.6 is 0 Å². The number of nitrogens with zero attached hydrogens (tertiary/aromatic N) is 3. The number of likely N-dealkylation sites (tertiary alicyclic amines) is 1. The van der Waals surface area contributed by atoms with Gasteiger partial charge >= 0.3 is 0 Å². The van der Waals surface area contributed by atoms with Crippen LogP contribution in [0.5, 0.6) is 5.75 Å². The third-order valence-corrected chi connectivity index (χ3v) is 7.75. The molecule has 0 radical (unpaired) electrons. The van der Waals surface area contributed by atoms with Gasteiger partial charge in [0.2, 0.25) is 5.91 Å². The van der Waals surface area contributed by atoms with Crippen molar-refractivity contribution in [3.63, 3.8) is 0 Å². The minimum Gasteiger partial charge on any atom is -0.492 e. The van der Waals surface area contributed by atoms with Crippen LogP contribution in [0.15, 0.2) is 36.4 Å². The summed E-state index contributed by atoms with van der Waals surface area (Å²) in [6, 6.07) is 7.45. The molecule has 0 atom stereocenters. The summed E-state index contributed by atoms with van der Waals surface area (Å²) in [5, 5.41) is 3.17. The Morgan fingerprint density at radius 1 is 1.03 bits per heavy atom. The van der Waals surface area contributed by atoms with Gasteiger partial charge in [-0.25, -0.2) is 0 Å². The van der Waals surface area contributed by atoms with Gasteiger partial charge in [0, 0.05) is 58.8 Å². The molecule has 0 unspecified atom stereocenters. The minimum absolute atomic E-state index is 0.00554. The quantitative estimate of drug-likeness (QED) is 0.689. The van der Waals surface area contributed by atoms with Crippen molar-refractivity contribution >= 4 is 11.8 Å². The molecule has 0 aliphatic carbocycles. The smallest absolute Gasteiger partial charge is 0.255 e. The van der Waals surface area contributed by atoms with Crippen LogP contribution in [0.4, 0.5) is 0 Å². The number of allylic oxidation sites excluding steroid dienone is 1. The molecule has 3 aliphatic heterocycles. The topological polar surface area (TPSA) is 65.1 Å². The SMILES string of the molecule is CCN1CCN(CCC(=O)N2CCC3(C/C=C/CCOc4ccccc4C(=O)NC3)CC2)CC1. The maximum Gasteiger partial charge on any atom is 0.255 e. The van der Waals surface area contributed by atoms with Crippen molar-refractivity contribution in [1.29, 1.82) is 0 Å². The number of para-hydroxylation sites is 1. The second-order valence-corrected chi connectivity index (χ2v) is 9.90. The van der Waals surface area contributed by atoms with Crippen molar-refractivity contribution in [2.24, 2.45) is 5.41 Å². The molecule has 186 valence electrons. The van der Waals surface area contributed by atoms with E-state index in [1.165, 1.54) is 0 Å². The summed E-state index contributed by atoms with van der Waals surface area (Å²) in [6.07, 6.45) is 8.59. The van der Waals surface area contributed by atoms with Crippen LogP contribution in [0, 0.1) is 5.41 Å². The van der Waals surface area contributed by atoms with Gasteiger partial charge in [0.05, 0.1) is 12.2 Å². The predicted molar refractivity (Wildman–Crippen MR) is 134 cm³/mol. The lowest BCUT2D eigenvalue weighted by Crippen LogP contribution is -2.49. The average Bonchev–Trinajstić information content (AvgIpc) is 2.88. The third kappa shape index (κ3) is 6.39. The molecule has 2 saturated heterocycles. The summed E-state index contributed by atoms with van der Waals surface area (Å²) in [5.74, 6) is 0.826. The number of fused-ring (bicyclic) bond motifs is 1. The van der Waals surface area contributed by atoms with E-state index >= 15 is 0 Å². The number of ether oxygens (including phenoxy) is 1. The molecule has 0 aromatic heterocycles. The number of carbonyl (C=O) groups is 2. The normalized spacial score (nSPS) is 23.2. The summed E-state index contributed by atoms with van der Waals surface area (Å²) in [6.45, 7) is 11.2. The van der Waals surface area contributed by atoms with Gasteiger partial charge in [-0.15, -0.1) is 0 Å². The molecule has 3 heterocycles. The molecular weight excluding hydrogens is 428 g/mol. The van der Waals surface area contributed by atoms with E-state index in [1.807, 2.05) is 29.2 Å². The molecule has 1 aromatic carbocycles. The Bertz CT molecular complexity index is 855. The Balaban J connectivity index is 1.30. The zero-order valence-corrected chi connectivity index (χ0v) is 20.6. The number of piperidine rings is 1. The van der Waals surface area contributed by atoms with Gasteiger partial charge in [0.15, 0.2) is 0 Å². The van der Waals surface area contributed by atoms with Crippen LogP contribution in [0.25, 0.3) is 0 Å². The number of hydrogen-bond acceptors (Lipinski definition) is 5. The van der Waals surface area contributed by atoms with Crippen LogP contribution in [0.2, 0.25) is 0 Å². The van der Waals surface area contributed by atoms with Crippen LogP contribution in [0.1, 0.15) is 49.4 Å². The van der Waals surface area contributed by atoms with E-state index in [2.05, 4.69) is 34.2 Å². The largest absolute Gasteiger partial charge is 0.492 e. The fourth-order valence-corrected chi connectivity index (χ4v) is 5.26. The standard InChI is InChI=1S/C27H40N4O3/c1-2-29-17-19-30(20-18-29)14-10-25(32)31-15-12-27(13-16-31)11-6-3-7-21-34-24-9-5-4-8-23(24)26(33)28-22-27/h3-6,8-9H,2,7,10-22H2,1H3,(H,28,33)/b6-3+. The highest BCUT2D eigenvalue weighted by Gasteiger charge is 2.35. The summed E-state index contributed by atoms with van der Waals surface area (Å²) in [5.41, 5.74) is 0.587. The third-order valence-electron chi connectivity index (χ3n) is 7.75. The average molecular weight is 469 g/mol. The van der Waals surface area contributed by atoms with Crippen molar-refractivity contribution in [1.82, 2.24) is 20.0 Å². The zero-order valence-electron chi connectivity index (χ0n) is 20.6. The van der Waals surface area contributed by atoms with Crippen molar-refractivity contribution < 1.29 is 14.3 Å². The number of likely N-dealkylation sites (N-methyl/N-ethyl adjacent to an activating group) is 1. The molecule has 4 rings (SSSR count). The fourth-order valence-electron chi connectivity index (χ4n) is 5.26. The molecule has 3 aliphatic rings. The number of hydrogen-bond donors (Lipinski definition) is 1. The van der Waals surface area contributed by atoms with Crippen LogP contribution in [0.3, 0.4) is 0 Å². The lowest BCUT2D eigenvalue weighted by Gasteiger charge is -2.42. The molecular formula is C27H40N4O3. The van der Waals surface area contributed by atoms with Crippen molar-refractivity contribution in [2.75, 3.05) is 65.5 Å². The van der Waals surface area contributed by atoms with Crippen molar-refractivity contribution in [2.45, 2.75) is 39.0 Å². The zero-order chi connectivity index (χ0) is 23.8. The number of benzene rings is 1. The maximum absolute atomic E-state index is 12.9. The minimum atomic E-state index is -0.0822. The summed E-state index contributed by atoms with van der Waals surface area (Å²) < 4.78 is 5.82. The Morgan fingerprint density at radius 3 is 2.53 bits per heavy atom. The first-order chi connectivity index (χ1) is 16.6. The van der Waals surface area contributed by atoms with Gasteiger partial charge in [-0.3, -0.25) is 9.59 Å². The molecule has 34 heavy (non-hydrogen) atoms. The van der Waals surface area contributed by atoms with Gasteiger partial charge in [-0.05, 0) is 49.8 Å². The Kier molecular flexibility index (Phi) is 8.62. The van der Waals surface area contributed by atoms with E-state index in [9.17, 15) is 9.59 Å². The second-order valence-electron chi connectivity index (χ2n) is 9.90. The maximum atomic E-state index is 12.9. The van der Waals surface area contributed by atoms with Gasteiger partial charge in [-0.1, -0.05) is 31.2 Å². The van der Waals surface area contributed by atoms with E-state index in [0.29, 0.717) is 30.9 Å². The number of piperazine rings is 1. The summed E-state index contributed by atoms with van der Waals surface area (Å²) >= 11 is 0. The van der Waals surface area contributed by atoms with Gasteiger partial charge in [0.25, 0.3) is 5.91 Å². The first kappa shape index (κ1) is 24.7. The summed E-state index contributed by atoms with van der Waals surface area (Å²) in [7, 11) is 0. The number of carbonyl (C=O) groups excluding carboxylic acids is 2. The molecule has 2 amide bonds. The van der Waals surface area contributed by atoms with Gasteiger partial charge < -0.3 is 24.8 Å². The van der Waals surface area contributed by atoms with Gasteiger partial charge in [0.1, 0.15) is 5.75 Å². The first-order valence-corrected chi connectivity index (χ1v) is 13.0. The second kappa shape index (κ2) is 11.8. The molecule has 0 bridgehead atoms. The lowest BCUT2D eigenvalue weighted by atomic mass is 9.75. The Labute approximate surface area is 204 Å². The number of rotatable bonds is 4. The number of amides is 2. The molecule has 2 fully saturated rings. The van der Waals surface area contributed by atoms with E-state index in [-0.39, 0.29) is 17.2 Å². The van der Waals surface area contributed by atoms with E-state index in [1.54, 1.807) is 0 Å². The first-order valence-electron chi connectivity index (χ1n) is 13.0. The highest BCUT2D eigenvalue weighted by Crippen LogP contribution is 2.35. The van der Waals surface area contributed by atoms with E-state index in [4.69, 9.17) is 4.74 Å². The fraction of sp³-hybridized carbons (Fsp3) is 0.630. The van der Waals surface area contributed by atoms with Crippen LogP contribution in [-0.4, -0.2) is 92.0 Å². The monoisotopic (exact) mass is 468 g/mol. The van der Waals surface area contributed by atoms with E-state index < -0.39 is 0 Å². The molecule has 1 N–H and O–H groups in total. The molecule has 7 nitrogen and oxygen atoms in total. The predicted octanol–water partition coefficient (Wildman–Crippen LogP) is 2.78. The Hall–Kier alpha value is -2.38. The van der Waals surface area contributed by atoms with E-state index in [0.717, 1.165) is 78.0 Å². The van der Waals surface area contributed by atoms with Crippen LogP contribution < -0.4 is 10.1 Å². The molecule has 7 heteroatoms.